The molecule has 1 aliphatic heterocycles. The maximum Gasteiger partial charge on any atom is 0.0642 e. The number of anilines is 1. The quantitative estimate of drug-likeness (QED) is 0.887. The minimum Gasteiger partial charge on any atom is -0.368 e. The van der Waals surface area contributed by atoms with Gasteiger partial charge in [0.15, 0.2) is 0 Å². The molecule has 1 heterocycles. The molecule has 0 unspecified atom stereocenters. The highest BCUT2D eigenvalue weighted by molar-refractivity contribution is 6.33. The standard InChI is InChI=1S/C13H20ClN3/c1-15-10-11-3-4-13(12(14)9-11)17-7-5-16(2)6-8-17/h3-4,9,15H,5-8,10H2,1-2H3. The molecule has 94 valence electrons. The van der Waals surface area contributed by atoms with Gasteiger partial charge in [-0.2, -0.15) is 0 Å². The SMILES string of the molecule is CNCc1ccc(N2CCN(C)CC2)c(Cl)c1. The Morgan fingerprint density at radius 2 is 1.94 bits per heavy atom. The van der Waals surface area contributed by atoms with Gasteiger partial charge < -0.3 is 15.1 Å². The second-order valence-electron chi connectivity index (χ2n) is 4.61. The number of halogens is 1. The number of nitrogens with zero attached hydrogens (tertiary/aromatic N) is 2. The number of rotatable bonds is 3. The first-order valence-electron chi connectivity index (χ1n) is 6.07. The van der Waals surface area contributed by atoms with E-state index in [2.05, 4.69) is 40.4 Å². The highest BCUT2D eigenvalue weighted by atomic mass is 35.5. The minimum absolute atomic E-state index is 0.863. The van der Waals surface area contributed by atoms with E-state index in [1.807, 2.05) is 7.05 Å². The van der Waals surface area contributed by atoms with Crippen molar-refractivity contribution in [2.75, 3.05) is 45.2 Å². The molecule has 0 atom stereocenters. The molecule has 1 aromatic carbocycles. The molecule has 1 aliphatic rings. The fourth-order valence-electron chi connectivity index (χ4n) is 2.17. The molecule has 1 N–H and O–H groups in total. The monoisotopic (exact) mass is 253 g/mol. The molecule has 0 radical (unpaired) electrons. The van der Waals surface area contributed by atoms with Crippen LogP contribution in [0, 0.1) is 0 Å². The fraction of sp³-hybridized carbons (Fsp3) is 0.538. The average molecular weight is 254 g/mol. The van der Waals surface area contributed by atoms with Crippen molar-refractivity contribution in [3.8, 4) is 0 Å². The Morgan fingerprint density at radius 3 is 2.53 bits per heavy atom. The predicted molar refractivity (Wildman–Crippen MR) is 73.9 cm³/mol. The molecule has 0 saturated carbocycles. The van der Waals surface area contributed by atoms with Crippen molar-refractivity contribution < 1.29 is 0 Å². The van der Waals surface area contributed by atoms with E-state index in [0.717, 1.165) is 37.7 Å². The second kappa shape index (κ2) is 5.71. The van der Waals surface area contributed by atoms with E-state index in [1.165, 1.54) is 11.3 Å². The molecule has 17 heavy (non-hydrogen) atoms. The summed E-state index contributed by atoms with van der Waals surface area (Å²) in [5, 5.41) is 4.00. The lowest BCUT2D eigenvalue weighted by atomic mass is 10.1. The zero-order chi connectivity index (χ0) is 12.3. The van der Waals surface area contributed by atoms with Gasteiger partial charge in [-0.15, -0.1) is 0 Å². The fourth-order valence-corrected chi connectivity index (χ4v) is 2.49. The smallest absolute Gasteiger partial charge is 0.0642 e. The Balaban J connectivity index is 2.10. The van der Waals surface area contributed by atoms with Crippen LogP contribution in [0.2, 0.25) is 5.02 Å². The molecule has 1 saturated heterocycles. The topological polar surface area (TPSA) is 18.5 Å². The Labute approximate surface area is 108 Å². The molecule has 0 spiro atoms. The molecule has 1 aromatic rings. The zero-order valence-electron chi connectivity index (χ0n) is 10.5. The first-order chi connectivity index (χ1) is 8.20. The highest BCUT2D eigenvalue weighted by Gasteiger charge is 2.16. The largest absolute Gasteiger partial charge is 0.368 e. The second-order valence-corrected chi connectivity index (χ2v) is 5.01. The molecule has 0 aromatic heterocycles. The first kappa shape index (κ1) is 12.7. The van der Waals surface area contributed by atoms with Crippen LogP contribution < -0.4 is 10.2 Å². The summed E-state index contributed by atoms with van der Waals surface area (Å²) in [7, 11) is 4.11. The van der Waals surface area contributed by atoms with Crippen molar-refractivity contribution in [2.45, 2.75) is 6.54 Å². The lowest BCUT2D eigenvalue weighted by Crippen LogP contribution is -2.44. The summed E-state index contributed by atoms with van der Waals surface area (Å²) in [6.45, 7) is 5.19. The van der Waals surface area contributed by atoms with Crippen LogP contribution in [-0.4, -0.2) is 45.2 Å². The highest BCUT2D eigenvalue weighted by Crippen LogP contribution is 2.27. The van der Waals surface area contributed by atoms with Crippen molar-refractivity contribution in [1.29, 1.82) is 0 Å². The third-order valence-corrected chi connectivity index (χ3v) is 3.54. The van der Waals surface area contributed by atoms with E-state index >= 15 is 0 Å². The molecule has 2 rings (SSSR count). The van der Waals surface area contributed by atoms with Crippen molar-refractivity contribution in [3.05, 3.63) is 28.8 Å². The molecule has 0 amide bonds. The Hall–Kier alpha value is -0.770. The summed E-state index contributed by atoms with van der Waals surface area (Å²) in [6.07, 6.45) is 0. The van der Waals surface area contributed by atoms with E-state index in [-0.39, 0.29) is 0 Å². The molecule has 4 heteroatoms. The third kappa shape index (κ3) is 3.12. The van der Waals surface area contributed by atoms with Gasteiger partial charge in [-0.3, -0.25) is 0 Å². The van der Waals surface area contributed by atoms with E-state index in [1.54, 1.807) is 0 Å². The van der Waals surface area contributed by atoms with Gasteiger partial charge in [0.2, 0.25) is 0 Å². The van der Waals surface area contributed by atoms with Gasteiger partial charge in [0.1, 0.15) is 0 Å². The number of piperazine rings is 1. The summed E-state index contributed by atoms with van der Waals surface area (Å²) in [5.41, 5.74) is 2.40. The van der Waals surface area contributed by atoms with Gasteiger partial charge in [0.05, 0.1) is 10.7 Å². The van der Waals surface area contributed by atoms with Gasteiger partial charge in [0.25, 0.3) is 0 Å². The summed E-state index contributed by atoms with van der Waals surface area (Å²) in [6, 6.07) is 6.35. The Kier molecular flexibility index (Phi) is 4.26. The number of hydrogen-bond donors (Lipinski definition) is 1. The van der Waals surface area contributed by atoms with Gasteiger partial charge >= 0.3 is 0 Å². The van der Waals surface area contributed by atoms with Crippen LogP contribution in [0.3, 0.4) is 0 Å². The van der Waals surface area contributed by atoms with Crippen LogP contribution in [0.15, 0.2) is 18.2 Å². The molecular weight excluding hydrogens is 234 g/mol. The molecule has 0 bridgehead atoms. The van der Waals surface area contributed by atoms with Gasteiger partial charge in [0, 0.05) is 32.7 Å². The number of hydrogen-bond acceptors (Lipinski definition) is 3. The van der Waals surface area contributed by atoms with Crippen LogP contribution in [0.1, 0.15) is 5.56 Å². The summed E-state index contributed by atoms with van der Waals surface area (Å²) < 4.78 is 0. The van der Waals surface area contributed by atoms with E-state index in [4.69, 9.17) is 11.6 Å². The van der Waals surface area contributed by atoms with Crippen LogP contribution >= 0.6 is 11.6 Å². The minimum atomic E-state index is 0.863. The van der Waals surface area contributed by atoms with Gasteiger partial charge in [-0.05, 0) is 31.8 Å². The third-order valence-electron chi connectivity index (χ3n) is 3.24. The van der Waals surface area contributed by atoms with E-state index < -0.39 is 0 Å². The maximum absolute atomic E-state index is 6.35. The van der Waals surface area contributed by atoms with Crippen molar-refractivity contribution >= 4 is 17.3 Å². The van der Waals surface area contributed by atoms with Gasteiger partial charge in [-0.1, -0.05) is 17.7 Å². The normalized spacial score (nSPS) is 17.5. The van der Waals surface area contributed by atoms with E-state index in [0.29, 0.717) is 0 Å². The Morgan fingerprint density at radius 1 is 1.24 bits per heavy atom. The molecule has 1 fully saturated rings. The van der Waals surface area contributed by atoms with Crippen LogP contribution in [-0.2, 0) is 6.54 Å². The van der Waals surface area contributed by atoms with Crippen LogP contribution in [0.5, 0.6) is 0 Å². The predicted octanol–water partition coefficient (Wildman–Crippen LogP) is 1.81. The first-order valence-corrected chi connectivity index (χ1v) is 6.45. The summed E-state index contributed by atoms with van der Waals surface area (Å²) in [5.74, 6) is 0. The zero-order valence-corrected chi connectivity index (χ0v) is 11.3. The number of likely N-dealkylation sites (N-methyl/N-ethyl adjacent to an activating group) is 1. The lowest BCUT2D eigenvalue weighted by molar-refractivity contribution is 0.313. The van der Waals surface area contributed by atoms with Crippen molar-refractivity contribution in [2.24, 2.45) is 0 Å². The summed E-state index contributed by atoms with van der Waals surface area (Å²) in [4.78, 5) is 4.71. The Bertz CT molecular complexity index is 373. The van der Waals surface area contributed by atoms with Crippen molar-refractivity contribution in [3.63, 3.8) is 0 Å². The molecular formula is C13H20ClN3. The van der Waals surface area contributed by atoms with Crippen LogP contribution in [0.4, 0.5) is 5.69 Å². The maximum atomic E-state index is 6.35. The summed E-state index contributed by atoms with van der Waals surface area (Å²) >= 11 is 6.35. The average Bonchev–Trinajstić information content (AvgIpc) is 2.31. The number of nitrogens with one attached hydrogen (secondary N) is 1. The van der Waals surface area contributed by atoms with Crippen molar-refractivity contribution in [1.82, 2.24) is 10.2 Å². The number of benzene rings is 1. The van der Waals surface area contributed by atoms with Gasteiger partial charge in [-0.25, -0.2) is 0 Å². The molecule has 0 aliphatic carbocycles. The molecule has 3 nitrogen and oxygen atoms in total. The lowest BCUT2D eigenvalue weighted by Gasteiger charge is -2.34. The van der Waals surface area contributed by atoms with Crippen LogP contribution in [0.25, 0.3) is 0 Å². The van der Waals surface area contributed by atoms with E-state index in [9.17, 15) is 0 Å².